The lowest BCUT2D eigenvalue weighted by molar-refractivity contribution is -0.123. The molecule has 0 fully saturated rings. The minimum Gasteiger partial charge on any atom is -0.383 e. The van der Waals surface area contributed by atoms with E-state index >= 15 is 0 Å². The van der Waals surface area contributed by atoms with E-state index in [2.05, 4.69) is 10.3 Å². The van der Waals surface area contributed by atoms with Crippen molar-refractivity contribution in [3.63, 3.8) is 0 Å². The number of aromatic nitrogens is 1. The standard InChI is InChI=1S/C14H17N3O2S.ClH/c1-19-8-12(15)13(18)16-7-11-9-20-14(17-11)10-5-3-2-4-6-10;/h2-6,9,12H,7-8,15H2,1H3,(H,16,18);1H. The third-order valence-corrected chi connectivity index (χ3v) is 3.64. The van der Waals surface area contributed by atoms with Gasteiger partial charge in [-0.2, -0.15) is 0 Å². The van der Waals surface area contributed by atoms with Crippen molar-refractivity contribution in [3.05, 3.63) is 41.4 Å². The highest BCUT2D eigenvalue weighted by Gasteiger charge is 2.13. The number of carbonyl (C=O) groups is 1. The smallest absolute Gasteiger partial charge is 0.239 e. The van der Waals surface area contributed by atoms with Crippen molar-refractivity contribution in [3.8, 4) is 10.6 Å². The van der Waals surface area contributed by atoms with E-state index < -0.39 is 6.04 Å². The zero-order chi connectivity index (χ0) is 14.4. The zero-order valence-electron chi connectivity index (χ0n) is 11.6. The fourth-order valence-electron chi connectivity index (χ4n) is 1.67. The normalized spacial score (nSPS) is 11.5. The Hall–Kier alpha value is -1.47. The second-order valence-electron chi connectivity index (χ2n) is 4.29. The summed E-state index contributed by atoms with van der Waals surface area (Å²) in [5, 5.41) is 5.62. The van der Waals surface area contributed by atoms with Gasteiger partial charge in [-0.1, -0.05) is 30.3 Å². The van der Waals surface area contributed by atoms with Gasteiger partial charge in [0.05, 0.1) is 18.8 Å². The molecule has 0 aliphatic rings. The van der Waals surface area contributed by atoms with Crippen molar-refractivity contribution in [1.29, 1.82) is 0 Å². The molecule has 0 radical (unpaired) electrons. The highest BCUT2D eigenvalue weighted by atomic mass is 35.5. The maximum Gasteiger partial charge on any atom is 0.239 e. The summed E-state index contributed by atoms with van der Waals surface area (Å²) in [6, 6.07) is 9.29. The molecule has 0 saturated heterocycles. The number of benzene rings is 1. The van der Waals surface area contributed by atoms with Gasteiger partial charge < -0.3 is 15.8 Å². The summed E-state index contributed by atoms with van der Waals surface area (Å²) in [6.45, 7) is 0.581. The van der Waals surface area contributed by atoms with Gasteiger partial charge in [-0.25, -0.2) is 4.98 Å². The number of rotatable bonds is 6. The van der Waals surface area contributed by atoms with Gasteiger partial charge in [0, 0.05) is 18.1 Å². The number of nitrogens with two attached hydrogens (primary N) is 1. The lowest BCUT2D eigenvalue weighted by Gasteiger charge is -2.09. The van der Waals surface area contributed by atoms with Crippen molar-refractivity contribution >= 4 is 29.7 Å². The van der Waals surface area contributed by atoms with Crippen LogP contribution in [-0.2, 0) is 16.1 Å². The molecule has 1 amide bonds. The van der Waals surface area contributed by atoms with Crippen molar-refractivity contribution in [1.82, 2.24) is 10.3 Å². The number of ether oxygens (including phenoxy) is 1. The van der Waals surface area contributed by atoms with Gasteiger partial charge in [0.1, 0.15) is 11.0 Å². The fourth-order valence-corrected chi connectivity index (χ4v) is 2.49. The molecule has 1 aromatic heterocycles. The number of hydrogen-bond acceptors (Lipinski definition) is 5. The average Bonchev–Trinajstić information content (AvgIpc) is 2.95. The van der Waals surface area contributed by atoms with Gasteiger partial charge in [0.15, 0.2) is 0 Å². The van der Waals surface area contributed by atoms with Crippen LogP contribution in [0.25, 0.3) is 10.6 Å². The largest absolute Gasteiger partial charge is 0.383 e. The summed E-state index contributed by atoms with van der Waals surface area (Å²) in [7, 11) is 1.51. The Morgan fingerprint density at radius 3 is 2.81 bits per heavy atom. The van der Waals surface area contributed by atoms with Crippen LogP contribution >= 0.6 is 23.7 Å². The van der Waals surface area contributed by atoms with Crippen LogP contribution in [0.4, 0.5) is 0 Å². The molecule has 0 aliphatic carbocycles. The van der Waals surface area contributed by atoms with Gasteiger partial charge >= 0.3 is 0 Å². The Kier molecular flexibility index (Phi) is 7.31. The zero-order valence-corrected chi connectivity index (χ0v) is 13.2. The maximum atomic E-state index is 11.6. The molecular formula is C14H18ClN3O2S. The first kappa shape index (κ1) is 17.6. The summed E-state index contributed by atoms with van der Waals surface area (Å²) >= 11 is 1.55. The summed E-state index contributed by atoms with van der Waals surface area (Å²) < 4.78 is 4.84. The third kappa shape index (κ3) is 5.09. The Bertz CT molecular complexity index is 562. The van der Waals surface area contributed by atoms with E-state index in [1.54, 1.807) is 11.3 Å². The van der Waals surface area contributed by atoms with E-state index in [9.17, 15) is 4.79 Å². The van der Waals surface area contributed by atoms with Gasteiger partial charge in [-0.05, 0) is 0 Å². The predicted molar refractivity (Wildman–Crippen MR) is 86.5 cm³/mol. The van der Waals surface area contributed by atoms with Crippen molar-refractivity contribution in [2.24, 2.45) is 5.73 Å². The molecule has 5 nitrogen and oxygen atoms in total. The minimum absolute atomic E-state index is 0. The van der Waals surface area contributed by atoms with Gasteiger partial charge in [-0.15, -0.1) is 23.7 Å². The van der Waals surface area contributed by atoms with E-state index in [1.165, 1.54) is 7.11 Å². The molecule has 2 rings (SSSR count). The number of halogens is 1. The Balaban J connectivity index is 0.00000220. The van der Waals surface area contributed by atoms with Crippen LogP contribution < -0.4 is 11.1 Å². The maximum absolute atomic E-state index is 11.6. The molecule has 1 atom stereocenters. The number of thiazole rings is 1. The third-order valence-electron chi connectivity index (χ3n) is 2.70. The van der Waals surface area contributed by atoms with Gasteiger partial charge in [-0.3, -0.25) is 4.79 Å². The number of amides is 1. The lowest BCUT2D eigenvalue weighted by Crippen LogP contribution is -2.43. The molecule has 3 N–H and O–H groups in total. The first-order chi connectivity index (χ1) is 9.70. The summed E-state index contributed by atoms with van der Waals surface area (Å²) in [5.41, 5.74) is 7.53. The van der Waals surface area contributed by atoms with Crippen molar-refractivity contribution in [2.45, 2.75) is 12.6 Å². The Labute approximate surface area is 133 Å². The molecule has 21 heavy (non-hydrogen) atoms. The van der Waals surface area contributed by atoms with Gasteiger partial charge in [0.2, 0.25) is 5.91 Å². The van der Waals surface area contributed by atoms with E-state index in [0.29, 0.717) is 6.54 Å². The predicted octanol–water partition coefficient (Wildman–Crippen LogP) is 1.82. The number of carbonyl (C=O) groups excluding carboxylic acids is 1. The molecule has 2 aromatic rings. The summed E-state index contributed by atoms with van der Waals surface area (Å²) in [4.78, 5) is 16.1. The first-order valence-electron chi connectivity index (χ1n) is 6.22. The average molecular weight is 328 g/mol. The van der Waals surface area contributed by atoms with Crippen molar-refractivity contribution < 1.29 is 9.53 Å². The quantitative estimate of drug-likeness (QED) is 0.848. The molecule has 0 saturated carbocycles. The summed E-state index contributed by atoms with van der Waals surface area (Å²) in [5.74, 6) is -0.235. The lowest BCUT2D eigenvalue weighted by atomic mass is 10.2. The Morgan fingerprint density at radius 1 is 1.43 bits per heavy atom. The SMILES string of the molecule is COCC(N)C(=O)NCc1csc(-c2ccccc2)n1.Cl. The molecule has 1 aromatic carbocycles. The molecule has 1 unspecified atom stereocenters. The van der Waals surface area contributed by atoms with Crippen LogP contribution in [0.1, 0.15) is 5.69 Å². The van der Waals surface area contributed by atoms with Crippen LogP contribution in [0.15, 0.2) is 35.7 Å². The highest BCUT2D eigenvalue weighted by molar-refractivity contribution is 7.13. The molecule has 0 bridgehead atoms. The summed E-state index contributed by atoms with van der Waals surface area (Å²) in [6.07, 6.45) is 0. The molecular weight excluding hydrogens is 310 g/mol. The van der Waals surface area contributed by atoms with Crippen LogP contribution in [0.3, 0.4) is 0 Å². The minimum atomic E-state index is -0.646. The van der Waals surface area contributed by atoms with E-state index in [1.807, 2.05) is 35.7 Å². The monoisotopic (exact) mass is 327 g/mol. The van der Waals surface area contributed by atoms with Crippen LogP contribution in [0.5, 0.6) is 0 Å². The topological polar surface area (TPSA) is 77.2 Å². The molecule has 0 aliphatic heterocycles. The van der Waals surface area contributed by atoms with Crippen LogP contribution in [0, 0.1) is 0 Å². The fraction of sp³-hybridized carbons (Fsp3) is 0.286. The number of hydrogen-bond donors (Lipinski definition) is 2. The number of methoxy groups -OCH3 is 1. The molecule has 1 heterocycles. The van der Waals surface area contributed by atoms with E-state index in [-0.39, 0.29) is 24.9 Å². The molecule has 7 heteroatoms. The number of nitrogens with zero attached hydrogens (tertiary/aromatic N) is 1. The van der Waals surface area contributed by atoms with E-state index in [0.717, 1.165) is 16.3 Å². The van der Waals surface area contributed by atoms with Crippen LogP contribution in [0.2, 0.25) is 0 Å². The second kappa shape index (κ2) is 8.74. The second-order valence-corrected chi connectivity index (χ2v) is 5.15. The number of nitrogens with one attached hydrogen (secondary N) is 1. The highest BCUT2D eigenvalue weighted by Crippen LogP contribution is 2.23. The molecule has 0 spiro atoms. The van der Waals surface area contributed by atoms with Crippen molar-refractivity contribution in [2.75, 3.05) is 13.7 Å². The van der Waals surface area contributed by atoms with Crippen LogP contribution in [-0.4, -0.2) is 30.6 Å². The van der Waals surface area contributed by atoms with Gasteiger partial charge in [0.25, 0.3) is 0 Å². The Morgan fingerprint density at radius 2 is 2.14 bits per heavy atom. The molecule has 114 valence electrons. The first-order valence-corrected chi connectivity index (χ1v) is 7.10. The van der Waals surface area contributed by atoms with E-state index in [4.69, 9.17) is 10.5 Å².